The van der Waals surface area contributed by atoms with Crippen LogP contribution in [0.2, 0.25) is 5.02 Å². The van der Waals surface area contributed by atoms with Crippen LogP contribution in [-0.4, -0.2) is 44.8 Å². The van der Waals surface area contributed by atoms with E-state index in [1.807, 2.05) is 12.1 Å². The van der Waals surface area contributed by atoms with Crippen LogP contribution >= 0.6 is 11.6 Å². The van der Waals surface area contributed by atoms with Crippen molar-refractivity contribution in [2.24, 2.45) is 5.92 Å². The Balaban J connectivity index is 1.71. The summed E-state index contributed by atoms with van der Waals surface area (Å²) in [6.07, 6.45) is 2.68. The number of carbonyl (C=O) groups excluding carboxylic acids is 1. The topological polar surface area (TPSA) is 75.4 Å². The molecular formula is C16H16ClN3O3. The van der Waals surface area contributed by atoms with Crippen molar-refractivity contribution >= 4 is 23.5 Å². The fraction of sp³-hybridized carbons (Fsp3) is 0.312. The summed E-state index contributed by atoms with van der Waals surface area (Å²) < 4.78 is 1.60. The van der Waals surface area contributed by atoms with Gasteiger partial charge in [0.15, 0.2) is 5.69 Å². The molecule has 1 N–H and O–H groups in total. The third kappa shape index (κ3) is 3.37. The highest BCUT2D eigenvalue weighted by Gasteiger charge is 2.28. The number of carbonyl (C=O) groups is 2. The molecule has 0 aliphatic carbocycles. The number of amides is 1. The normalized spacial score (nSPS) is 15.6. The quantitative estimate of drug-likeness (QED) is 0.936. The molecule has 0 spiro atoms. The summed E-state index contributed by atoms with van der Waals surface area (Å²) in [4.78, 5) is 25.1. The lowest BCUT2D eigenvalue weighted by Gasteiger charge is -2.29. The van der Waals surface area contributed by atoms with Gasteiger partial charge in [-0.15, -0.1) is 0 Å². The molecule has 1 amide bonds. The molecule has 1 aromatic carbocycles. The zero-order chi connectivity index (χ0) is 16.4. The molecule has 0 saturated carbocycles. The van der Waals surface area contributed by atoms with E-state index in [9.17, 15) is 9.59 Å². The Bertz CT molecular complexity index is 736. The first-order chi connectivity index (χ1) is 11.0. The van der Waals surface area contributed by atoms with Crippen LogP contribution in [0.5, 0.6) is 0 Å². The Morgan fingerprint density at radius 3 is 2.61 bits per heavy atom. The maximum atomic E-state index is 12.5. The van der Waals surface area contributed by atoms with Gasteiger partial charge in [-0.3, -0.25) is 9.59 Å². The first kappa shape index (κ1) is 15.6. The number of halogens is 1. The summed E-state index contributed by atoms with van der Waals surface area (Å²) >= 11 is 5.96. The van der Waals surface area contributed by atoms with E-state index in [-0.39, 0.29) is 11.8 Å². The molecule has 1 aromatic heterocycles. The van der Waals surface area contributed by atoms with E-state index in [0.717, 1.165) is 5.69 Å². The minimum absolute atomic E-state index is 0.172. The highest BCUT2D eigenvalue weighted by molar-refractivity contribution is 6.30. The predicted molar refractivity (Wildman–Crippen MR) is 84.8 cm³/mol. The van der Waals surface area contributed by atoms with Gasteiger partial charge >= 0.3 is 5.97 Å². The van der Waals surface area contributed by atoms with Crippen molar-refractivity contribution in [3.63, 3.8) is 0 Å². The van der Waals surface area contributed by atoms with Gasteiger partial charge in [-0.25, -0.2) is 4.68 Å². The second-order valence-electron chi connectivity index (χ2n) is 5.53. The number of hydrogen-bond acceptors (Lipinski definition) is 3. The van der Waals surface area contributed by atoms with Gasteiger partial charge in [-0.1, -0.05) is 17.7 Å². The van der Waals surface area contributed by atoms with Gasteiger partial charge in [0.2, 0.25) is 0 Å². The Morgan fingerprint density at radius 1 is 1.22 bits per heavy atom. The zero-order valence-electron chi connectivity index (χ0n) is 12.4. The van der Waals surface area contributed by atoms with Crippen LogP contribution in [0.1, 0.15) is 23.3 Å². The van der Waals surface area contributed by atoms with Crippen molar-refractivity contribution in [3.05, 3.63) is 47.2 Å². The summed E-state index contributed by atoms with van der Waals surface area (Å²) in [6.45, 7) is 0.889. The van der Waals surface area contributed by atoms with Gasteiger partial charge in [0.1, 0.15) is 0 Å². The summed E-state index contributed by atoms with van der Waals surface area (Å²) in [6, 6.07) is 8.86. The van der Waals surface area contributed by atoms with Crippen LogP contribution in [0.15, 0.2) is 36.5 Å². The second kappa shape index (κ2) is 6.42. The van der Waals surface area contributed by atoms with Crippen LogP contribution < -0.4 is 0 Å². The standard InChI is InChI=1S/C16H16ClN3O3/c17-12-2-1-3-13(10-12)20-9-6-14(18-20)15(21)19-7-4-11(5-8-19)16(22)23/h1-3,6,9-11H,4-5,7-8H2,(H,22,23). The van der Waals surface area contributed by atoms with E-state index >= 15 is 0 Å². The number of carboxylic acids is 1. The molecule has 6 nitrogen and oxygen atoms in total. The van der Waals surface area contributed by atoms with Crippen molar-refractivity contribution in [2.75, 3.05) is 13.1 Å². The monoisotopic (exact) mass is 333 g/mol. The van der Waals surface area contributed by atoms with Gasteiger partial charge in [0, 0.05) is 24.3 Å². The van der Waals surface area contributed by atoms with Gasteiger partial charge in [-0.2, -0.15) is 5.10 Å². The molecule has 1 fully saturated rings. The van der Waals surface area contributed by atoms with E-state index in [0.29, 0.717) is 36.6 Å². The van der Waals surface area contributed by atoms with Gasteiger partial charge in [0.25, 0.3) is 5.91 Å². The average molecular weight is 334 g/mol. The van der Waals surface area contributed by atoms with E-state index in [1.54, 1.807) is 34.0 Å². The molecule has 2 heterocycles. The lowest BCUT2D eigenvalue weighted by Crippen LogP contribution is -2.40. The van der Waals surface area contributed by atoms with Crippen molar-refractivity contribution in [1.29, 1.82) is 0 Å². The largest absolute Gasteiger partial charge is 0.481 e. The highest BCUT2D eigenvalue weighted by Crippen LogP contribution is 2.19. The van der Waals surface area contributed by atoms with Gasteiger partial charge in [-0.05, 0) is 37.1 Å². The third-order valence-electron chi connectivity index (χ3n) is 4.01. The number of aromatic nitrogens is 2. The van der Waals surface area contributed by atoms with E-state index in [2.05, 4.69) is 5.10 Å². The van der Waals surface area contributed by atoms with Crippen LogP contribution in [0.4, 0.5) is 0 Å². The summed E-state index contributed by atoms with van der Waals surface area (Å²) in [5, 5.41) is 13.9. The average Bonchev–Trinajstić information content (AvgIpc) is 3.04. The number of nitrogens with zero attached hydrogens (tertiary/aromatic N) is 3. The molecule has 120 valence electrons. The molecule has 3 rings (SSSR count). The Kier molecular flexibility index (Phi) is 4.34. The Morgan fingerprint density at radius 2 is 1.96 bits per heavy atom. The maximum Gasteiger partial charge on any atom is 0.306 e. The Labute approximate surface area is 138 Å². The minimum atomic E-state index is -0.790. The molecule has 0 bridgehead atoms. The van der Waals surface area contributed by atoms with E-state index < -0.39 is 5.97 Å². The number of hydrogen-bond donors (Lipinski definition) is 1. The molecule has 7 heteroatoms. The molecule has 0 radical (unpaired) electrons. The van der Waals surface area contributed by atoms with E-state index in [4.69, 9.17) is 16.7 Å². The number of aliphatic carboxylic acids is 1. The van der Waals surface area contributed by atoms with Crippen molar-refractivity contribution in [3.8, 4) is 5.69 Å². The minimum Gasteiger partial charge on any atom is -0.481 e. The molecule has 0 unspecified atom stereocenters. The van der Waals surface area contributed by atoms with Gasteiger partial charge in [0.05, 0.1) is 11.6 Å². The number of rotatable bonds is 3. The number of benzene rings is 1. The molecule has 2 aromatic rings. The van der Waals surface area contributed by atoms with E-state index in [1.165, 1.54) is 0 Å². The molecule has 1 saturated heterocycles. The number of piperidine rings is 1. The number of likely N-dealkylation sites (tertiary alicyclic amines) is 1. The van der Waals surface area contributed by atoms with Gasteiger partial charge < -0.3 is 10.0 Å². The lowest BCUT2D eigenvalue weighted by atomic mass is 9.97. The van der Waals surface area contributed by atoms with Crippen LogP contribution in [0, 0.1) is 5.92 Å². The fourth-order valence-electron chi connectivity index (χ4n) is 2.69. The SMILES string of the molecule is O=C(O)C1CCN(C(=O)c2ccn(-c3cccc(Cl)c3)n2)CC1. The van der Waals surface area contributed by atoms with Crippen molar-refractivity contribution in [1.82, 2.24) is 14.7 Å². The molecular weight excluding hydrogens is 318 g/mol. The summed E-state index contributed by atoms with van der Waals surface area (Å²) in [5.74, 6) is -1.32. The summed E-state index contributed by atoms with van der Waals surface area (Å²) in [7, 11) is 0. The predicted octanol–water partition coefficient (Wildman–Crippen LogP) is 2.46. The summed E-state index contributed by atoms with van der Waals surface area (Å²) in [5.41, 5.74) is 1.12. The molecule has 0 atom stereocenters. The van der Waals surface area contributed by atoms with Crippen LogP contribution in [0.25, 0.3) is 5.69 Å². The zero-order valence-corrected chi connectivity index (χ0v) is 13.1. The lowest BCUT2D eigenvalue weighted by molar-refractivity contribution is -0.143. The molecule has 1 aliphatic heterocycles. The highest BCUT2D eigenvalue weighted by atomic mass is 35.5. The number of carboxylic acid groups (broad SMARTS) is 1. The van der Waals surface area contributed by atoms with Crippen molar-refractivity contribution < 1.29 is 14.7 Å². The fourth-order valence-corrected chi connectivity index (χ4v) is 2.88. The molecule has 23 heavy (non-hydrogen) atoms. The van der Waals surface area contributed by atoms with Crippen LogP contribution in [0.3, 0.4) is 0 Å². The van der Waals surface area contributed by atoms with Crippen LogP contribution in [-0.2, 0) is 4.79 Å². The first-order valence-electron chi connectivity index (χ1n) is 7.38. The molecule has 1 aliphatic rings. The second-order valence-corrected chi connectivity index (χ2v) is 5.97. The third-order valence-corrected chi connectivity index (χ3v) is 4.25. The Hall–Kier alpha value is -2.34. The van der Waals surface area contributed by atoms with Crippen molar-refractivity contribution in [2.45, 2.75) is 12.8 Å². The smallest absolute Gasteiger partial charge is 0.306 e. The maximum absolute atomic E-state index is 12.5. The first-order valence-corrected chi connectivity index (χ1v) is 7.76.